The molecule has 0 radical (unpaired) electrons. The van der Waals surface area contributed by atoms with Crippen molar-refractivity contribution in [3.63, 3.8) is 0 Å². The molecule has 0 saturated carbocycles. The van der Waals surface area contributed by atoms with Gasteiger partial charge in [0.1, 0.15) is 6.33 Å². The van der Waals surface area contributed by atoms with Gasteiger partial charge in [-0.1, -0.05) is 49.2 Å². The molecule has 0 fully saturated rings. The molecule has 7 nitrogen and oxygen atoms in total. The maximum atomic E-state index is 11.7. The highest BCUT2D eigenvalue weighted by Gasteiger charge is 2.24. The molecule has 0 aliphatic carbocycles. The van der Waals surface area contributed by atoms with E-state index in [-0.39, 0.29) is 17.3 Å². The van der Waals surface area contributed by atoms with E-state index < -0.39 is 4.92 Å². The Labute approximate surface area is 171 Å². The molecular weight excluding hydrogens is 401 g/mol. The van der Waals surface area contributed by atoms with E-state index in [1.807, 2.05) is 24.3 Å². The van der Waals surface area contributed by atoms with Gasteiger partial charge in [-0.3, -0.25) is 10.1 Å². The molecule has 0 aliphatic heterocycles. The van der Waals surface area contributed by atoms with Gasteiger partial charge in [0.2, 0.25) is 11.6 Å². The Morgan fingerprint density at radius 1 is 1.00 bits per heavy atom. The molecule has 0 spiro atoms. The molecule has 0 bridgehead atoms. The second kappa shape index (κ2) is 8.41. The Bertz CT molecular complexity index is 1010. The maximum absolute atomic E-state index is 11.7. The smallest absolute Gasteiger partial charge is 0.334 e. The Kier molecular flexibility index (Phi) is 5.96. The van der Waals surface area contributed by atoms with Crippen molar-refractivity contribution in [1.82, 2.24) is 9.97 Å². The molecule has 3 rings (SSSR count). The quantitative estimate of drug-likeness (QED) is 0.360. The first-order valence-corrected chi connectivity index (χ1v) is 9.19. The van der Waals surface area contributed by atoms with Crippen molar-refractivity contribution in [2.45, 2.75) is 19.8 Å². The van der Waals surface area contributed by atoms with Gasteiger partial charge >= 0.3 is 5.69 Å². The van der Waals surface area contributed by atoms with E-state index in [1.165, 1.54) is 11.9 Å². The third kappa shape index (κ3) is 4.49. The first-order valence-electron chi connectivity index (χ1n) is 8.43. The number of rotatable bonds is 6. The number of hydrogen-bond donors (Lipinski definition) is 2. The molecule has 1 heterocycles. The number of nitrogens with one attached hydrogen (secondary N) is 2. The van der Waals surface area contributed by atoms with Crippen LogP contribution in [-0.2, 0) is 0 Å². The third-order valence-electron chi connectivity index (χ3n) is 4.03. The average Bonchev–Trinajstić information content (AvgIpc) is 2.65. The van der Waals surface area contributed by atoms with E-state index in [2.05, 4.69) is 34.4 Å². The predicted molar refractivity (Wildman–Crippen MR) is 112 cm³/mol. The van der Waals surface area contributed by atoms with Crippen LogP contribution < -0.4 is 10.6 Å². The lowest BCUT2D eigenvalue weighted by Gasteiger charge is -2.12. The van der Waals surface area contributed by atoms with Crippen molar-refractivity contribution < 1.29 is 4.92 Å². The summed E-state index contributed by atoms with van der Waals surface area (Å²) in [5, 5.41) is 18.3. The molecular formula is C19H17Cl2N5O2. The zero-order valence-electron chi connectivity index (χ0n) is 15.1. The zero-order valence-corrected chi connectivity index (χ0v) is 16.6. The van der Waals surface area contributed by atoms with Gasteiger partial charge in [-0.25, -0.2) is 9.97 Å². The molecule has 0 saturated heterocycles. The highest BCUT2D eigenvalue weighted by Crippen LogP contribution is 2.35. The molecule has 0 atom stereocenters. The van der Waals surface area contributed by atoms with Crippen molar-refractivity contribution >= 4 is 51.9 Å². The molecule has 144 valence electrons. The van der Waals surface area contributed by atoms with E-state index in [4.69, 9.17) is 23.2 Å². The summed E-state index contributed by atoms with van der Waals surface area (Å²) in [4.78, 5) is 19.2. The molecule has 0 amide bonds. The highest BCUT2D eigenvalue weighted by molar-refractivity contribution is 6.35. The van der Waals surface area contributed by atoms with Gasteiger partial charge in [-0.2, -0.15) is 0 Å². The maximum Gasteiger partial charge on any atom is 0.353 e. The van der Waals surface area contributed by atoms with Crippen molar-refractivity contribution in [2.75, 3.05) is 10.6 Å². The van der Waals surface area contributed by atoms with E-state index >= 15 is 0 Å². The second-order valence-corrected chi connectivity index (χ2v) is 7.17. The molecule has 28 heavy (non-hydrogen) atoms. The topological polar surface area (TPSA) is 93.0 Å². The van der Waals surface area contributed by atoms with Crippen molar-refractivity contribution in [2.24, 2.45) is 0 Å². The number of halogens is 2. The standard InChI is InChI=1S/C19H17Cl2N5O2/c1-11(2)12-3-6-14(7-4-12)24-18-17(26(27)28)19(23-10-22-18)25-16-9-13(20)5-8-15(16)21/h3-11H,1-2H3,(H2,22,23,24,25). The van der Waals surface area contributed by atoms with Gasteiger partial charge in [0, 0.05) is 10.7 Å². The molecule has 1 aromatic heterocycles. The summed E-state index contributed by atoms with van der Waals surface area (Å²) < 4.78 is 0. The van der Waals surface area contributed by atoms with Gasteiger partial charge < -0.3 is 10.6 Å². The Morgan fingerprint density at radius 2 is 1.64 bits per heavy atom. The fourth-order valence-electron chi connectivity index (χ4n) is 2.54. The lowest BCUT2D eigenvalue weighted by Crippen LogP contribution is -2.05. The summed E-state index contributed by atoms with van der Waals surface area (Å²) in [5.41, 5.74) is 1.95. The molecule has 0 unspecified atom stereocenters. The largest absolute Gasteiger partial charge is 0.353 e. The van der Waals surface area contributed by atoms with Gasteiger partial charge in [0.15, 0.2) is 0 Å². The minimum Gasteiger partial charge on any atom is -0.334 e. The zero-order chi connectivity index (χ0) is 20.3. The predicted octanol–water partition coefficient (Wildman–Crippen LogP) is 6.30. The summed E-state index contributed by atoms with van der Waals surface area (Å²) in [6.45, 7) is 4.19. The van der Waals surface area contributed by atoms with Crippen LogP contribution in [0.15, 0.2) is 48.8 Å². The summed E-state index contributed by atoms with van der Waals surface area (Å²) in [5.74, 6) is 0.462. The number of hydrogen-bond acceptors (Lipinski definition) is 6. The van der Waals surface area contributed by atoms with Crippen LogP contribution in [0.4, 0.5) is 28.7 Å². The van der Waals surface area contributed by atoms with Gasteiger partial charge in [-0.05, 0) is 41.8 Å². The monoisotopic (exact) mass is 417 g/mol. The van der Waals surface area contributed by atoms with Crippen molar-refractivity contribution in [1.29, 1.82) is 0 Å². The Morgan fingerprint density at radius 3 is 2.25 bits per heavy atom. The van der Waals surface area contributed by atoms with Gasteiger partial charge in [-0.15, -0.1) is 0 Å². The average molecular weight is 418 g/mol. The Hall–Kier alpha value is -2.90. The molecule has 2 aromatic carbocycles. The van der Waals surface area contributed by atoms with Crippen LogP contribution in [-0.4, -0.2) is 14.9 Å². The van der Waals surface area contributed by atoms with Gasteiger partial charge in [0.25, 0.3) is 0 Å². The first kappa shape index (κ1) is 19.9. The summed E-state index contributed by atoms with van der Waals surface area (Å²) in [6.07, 6.45) is 1.23. The summed E-state index contributed by atoms with van der Waals surface area (Å²) in [6, 6.07) is 12.4. The van der Waals surface area contributed by atoms with Crippen LogP contribution >= 0.6 is 23.2 Å². The van der Waals surface area contributed by atoms with Crippen LogP contribution in [0.3, 0.4) is 0 Å². The number of anilines is 4. The Balaban J connectivity index is 1.95. The van der Waals surface area contributed by atoms with Crippen LogP contribution in [0.5, 0.6) is 0 Å². The minimum atomic E-state index is -0.550. The number of aromatic nitrogens is 2. The van der Waals surface area contributed by atoms with Crippen molar-refractivity contribution in [3.05, 3.63) is 74.5 Å². The third-order valence-corrected chi connectivity index (χ3v) is 4.59. The molecule has 3 aromatic rings. The number of nitro groups is 1. The molecule has 9 heteroatoms. The van der Waals surface area contributed by atoms with Crippen molar-refractivity contribution in [3.8, 4) is 0 Å². The van der Waals surface area contributed by atoms with E-state index in [1.54, 1.807) is 18.2 Å². The van der Waals surface area contributed by atoms with Gasteiger partial charge in [0.05, 0.1) is 15.6 Å². The van der Waals surface area contributed by atoms with Crippen LogP contribution in [0.25, 0.3) is 0 Å². The molecule has 2 N–H and O–H groups in total. The fourth-order valence-corrected chi connectivity index (χ4v) is 2.88. The van der Waals surface area contributed by atoms with Crippen LogP contribution in [0, 0.1) is 10.1 Å². The normalized spacial score (nSPS) is 10.8. The van der Waals surface area contributed by atoms with E-state index in [0.717, 1.165) is 0 Å². The minimum absolute atomic E-state index is 0.00506. The lowest BCUT2D eigenvalue weighted by atomic mass is 10.0. The number of benzene rings is 2. The number of nitrogens with zero attached hydrogens (tertiary/aromatic N) is 3. The van der Waals surface area contributed by atoms with E-state index in [9.17, 15) is 10.1 Å². The first-order chi connectivity index (χ1) is 13.3. The summed E-state index contributed by atoms with van der Waals surface area (Å²) in [7, 11) is 0. The second-order valence-electron chi connectivity index (χ2n) is 6.33. The lowest BCUT2D eigenvalue weighted by molar-refractivity contribution is -0.383. The highest BCUT2D eigenvalue weighted by atomic mass is 35.5. The fraction of sp³-hybridized carbons (Fsp3) is 0.158. The van der Waals surface area contributed by atoms with E-state index in [0.29, 0.717) is 27.3 Å². The SMILES string of the molecule is CC(C)c1ccc(Nc2ncnc(Nc3cc(Cl)ccc3Cl)c2[N+](=O)[O-])cc1. The molecule has 0 aliphatic rings. The van der Waals surface area contributed by atoms with Crippen LogP contribution in [0.2, 0.25) is 10.0 Å². The summed E-state index contributed by atoms with van der Waals surface area (Å²) >= 11 is 12.1. The van der Waals surface area contributed by atoms with Crippen LogP contribution in [0.1, 0.15) is 25.3 Å².